The molecule has 204 valence electrons. The molecule has 5 rings (SSSR count). The van der Waals surface area contributed by atoms with Crippen LogP contribution >= 0.6 is 11.6 Å². The number of aromatic nitrogens is 2. The number of halogens is 1. The van der Waals surface area contributed by atoms with Crippen molar-refractivity contribution in [3.05, 3.63) is 77.1 Å². The Hall–Kier alpha value is -3.89. The summed E-state index contributed by atoms with van der Waals surface area (Å²) in [5.74, 6) is -0.486. The highest BCUT2D eigenvalue weighted by Crippen LogP contribution is 2.31. The Bertz CT molecular complexity index is 1360. The van der Waals surface area contributed by atoms with Crippen molar-refractivity contribution in [2.75, 3.05) is 31.1 Å². The van der Waals surface area contributed by atoms with Crippen LogP contribution in [0.2, 0.25) is 5.02 Å². The zero-order chi connectivity index (χ0) is 27.5. The van der Waals surface area contributed by atoms with Gasteiger partial charge in [-0.2, -0.15) is 5.10 Å². The number of nitrogens with one attached hydrogen (secondary N) is 1. The van der Waals surface area contributed by atoms with Gasteiger partial charge in [-0.3, -0.25) is 9.59 Å². The first kappa shape index (κ1) is 26.7. The van der Waals surface area contributed by atoms with Crippen LogP contribution in [0.1, 0.15) is 35.7 Å². The van der Waals surface area contributed by atoms with Crippen molar-refractivity contribution < 1.29 is 19.5 Å². The fourth-order valence-electron chi connectivity index (χ4n) is 5.27. The van der Waals surface area contributed by atoms with Crippen LogP contribution in [0.3, 0.4) is 0 Å². The molecule has 0 unspecified atom stereocenters. The van der Waals surface area contributed by atoms with Crippen LogP contribution in [0.25, 0.3) is 5.69 Å². The zero-order valence-electron chi connectivity index (χ0n) is 21.7. The molecule has 4 amide bonds. The van der Waals surface area contributed by atoms with Gasteiger partial charge >= 0.3 is 6.03 Å². The van der Waals surface area contributed by atoms with E-state index in [2.05, 4.69) is 10.4 Å². The number of anilines is 1. The first-order valence-electron chi connectivity index (χ1n) is 13.0. The summed E-state index contributed by atoms with van der Waals surface area (Å²) < 4.78 is 1.67. The van der Waals surface area contributed by atoms with E-state index in [0.717, 1.165) is 24.1 Å². The molecule has 0 bridgehead atoms. The minimum Gasteiger partial charge on any atom is -0.394 e. The molecule has 3 aromatic rings. The molecule has 1 aromatic heterocycles. The molecule has 2 aromatic carbocycles. The monoisotopic (exact) mass is 550 g/mol. The number of para-hydroxylation sites is 1. The number of nitrogens with zero attached hydrogens (tertiary/aromatic N) is 5. The van der Waals surface area contributed by atoms with Gasteiger partial charge < -0.3 is 25.1 Å². The number of hydrogen-bond acceptors (Lipinski definition) is 5. The Morgan fingerprint density at radius 3 is 2.69 bits per heavy atom. The molecule has 2 atom stereocenters. The predicted octanol–water partition coefficient (Wildman–Crippen LogP) is 3.07. The summed E-state index contributed by atoms with van der Waals surface area (Å²) in [5.41, 5.74) is 2.60. The van der Waals surface area contributed by atoms with E-state index in [0.29, 0.717) is 22.8 Å². The number of fused-ring (bicyclic) bond motifs is 1. The summed E-state index contributed by atoms with van der Waals surface area (Å²) in [5, 5.41) is 16.8. The van der Waals surface area contributed by atoms with Gasteiger partial charge in [0.1, 0.15) is 0 Å². The maximum absolute atomic E-state index is 13.8. The lowest BCUT2D eigenvalue weighted by Gasteiger charge is -2.30. The Labute approximate surface area is 231 Å². The number of benzene rings is 2. The molecule has 2 aliphatic rings. The van der Waals surface area contributed by atoms with Crippen LogP contribution in [-0.2, 0) is 11.3 Å². The number of hydrogen-bond donors (Lipinski definition) is 2. The summed E-state index contributed by atoms with van der Waals surface area (Å²) in [6.07, 6.45) is 5.06. The molecular formula is C28H31ClN6O4. The average molecular weight is 551 g/mol. The molecule has 2 aliphatic heterocycles. The summed E-state index contributed by atoms with van der Waals surface area (Å²) in [6.45, 7) is 2.73. The Morgan fingerprint density at radius 1 is 1.13 bits per heavy atom. The van der Waals surface area contributed by atoms with E-state index in [9.17, 15) is 19.5 Å². The first-order valence-corrected chi connectivity index (χ1v) is 13.4. The Kier molecular flexibility index (Phi) is 7.85. The van der Waals surface area contributed by atoms with Gasteiger partial charge in [0.2, 0.25) is 5.91 Å². The van der Waals surface area contributed by atoms with Crippen molar-refractivity contribution in [3.63, 3.8) is 0 Å². The fraction of sp³-hybridized carbons (Fsp3) is 0.357. The van der Waals surface area contributed by atoms with Crippen molar-refractivity contribution in [1.29, 1.82) is 0 Å². The smallest absolute Gasteiger partial charge is 0.318 e. The van der Waals surface area contributed by atoms with Crippen molar-refractivity contribution in [3.8, 4) is 5.69 Å². The van der Waals surface area contributed by atoms with Crippen molar-refractivity contribution in [2.45, 2.75) is 38.4 Å². The maximum Gasteiger partial charge on any atom is 0.318 e. The number of carbonyl (C=O) groups excluding carboxylic acids is 3. The number of aliphatic hydroxyl groups is 1. The van der Waals surface area contributed by atoms with Crippen LogP contribution in [0.5, 0.6) is 0 Å². The third-order valence-corrected chi connectivity index (χ3v) is 7.67. The highest BCUT2D eigenvalue weighted by atomic mass is 35.5. The third-order valence-electron chi connectivity index (χ3n) is 7.36. The lowest BCUT2D eigenvalue weighted by atomic mass is 10.1. The van der Waals surface area contributed by atoms with Crippen molar-refractivity contribution in [2.24, 2.45) is 0 Å². The highest BCUT2D eigenvalue weighted by molar-refractivity contribution is 6.34. The molecule has 39 heavy (non-hydrogen) atoms. The molecule has 10 nitrogen and oxygen atoms in total. The summed E-state index contributed by atoms with van der Waals surface area (Å²) in [4.78, 5) is 44.7. The van der Waals surface area contributed by atoms with E-state index in [1.165, 1.54) is 0 Å². The number of amides is 4. The largest absolute Gasteiger partial charge is 0.394 e. The summed E-state index contributed by atoms with van der Waals surface area (Å²) in [7, 11) is 0. The standard InChI is InChI=1S/C28H31ClN6O4/c1-19-16-34(27(38)23-10-9-21(14-24(23)29)35-13-5-11-31-35)25-8-3-2-6-20(25)17-33(19)28(39)30-15-26(37)32-12-4-7-22(32)18-36/h2-3,5-6,8-11,13-14,19,22,36H,4,7,12,15-18H2,1H3,(H,30,39)/t19-,22-/m1/s1. The lowest BCUT2D eigenvalue weighted by Crippen LogP contribution is -2.51. The van der Waals surface area contributed by atoms with Crippen LogP contribution in [0.4, 0.5) is 10.5 Å². The molecule has 1 fully saturated rings. The van der Waals surface area contributed by atoms with Gasteiger partial charge in [-0.15, -0.1) is 0 Å². The topological polar surface area (TPSA) is 111 Å². The van der Waals surface area contributed by atoms with E-state index in [1.54, 1.807) is 56.0 Å². The van der Waals surface area contributed by atoms with E-state index in [4.69, 9.17) is 11.6 Å². The number of aliphatic hydroxyl groups excluding tert-OH is 1. The number of rotatable bonds is 5. The molecule has 0 saturated carbocycles. The van der Waals surface area contributed by atoms with E-state index >= 15 is 0 Å². The van der Waals surface area contributed by atoms with E-state index in [1.807, 2.05) is 31.2 Å². The van der Waals surface area contributed by atoms with Crippen LogP contribution in [-0.4, -0.2) is 80.9 Å². The SMILES string of the molecule is C[C@@H]1CN(C(=O)c2ccc(-n3cccn3)cc2Cl)c2ccccc2CN1C(=O)NCC(=O)N1CCC[C@@H]1CO. The number of likely N-dealkylation sites (tertiary alicyclic amines) is 1. The second-order valence-electron chi connectivity index (χ2n) is 9.86. The summed E-state index contributed by atoms with van der Waals surface area (Å²) >= 11 is 6.57. The molecule has 0 spiro atoms. The minimum atomic E-state index is -0.388. The second kappa shape index (κ2) is 11.5. The van der Waals surface area contributed by atoms with Crippen LogP contribution < -0.4 is 10.2 Å². The van der Waals surface area contributed by atoms with Gasteiger partial charge in [0.15, 0.2) is 0 Å². The highest BCUT2D eigenvalue weighted by Gasteiger charge is 2.33. The van der Waals surface area contributed by atoms with Crippen molar-refractivity contribution >= 4 is 35.1 Å². The van der Waals surface area contributed by atoms with Crippen LogP contribution in [0, 0.1) is 0 Å². The molecule has 3 heterocycles. The van der Waals surface area contributed by atoms with Gasteiger partial charge in [-0.05, 0) is 55.7 Å². The molecule has 1 saturated heterocycles. The lowest BCUT2D eigenvalue weighted by molar-refractivity contribution is -0.131. The van der Waals surface area contributed by atoms with Gasteiger partial charge in [-0.25, -0.2) is 9.48 Å². The van der Waals surface area contributed by atoms with Crippen molar-refractivity contribution in [1.82, 2.24) is 24.9 Å². The van der Waals surface area contributed by atoms with E-state index < -0.39 is 0 Å². The molecule has 0 aliphatic carbocycles. The predicted molar refractivity (Wildman–Crippen MR) is 147 cm³/mol. The first-order chi connectivity index (χ1) is 18.9. The van der Waals surface area contributed by atoms with Gasteiger partial charge in [-0.1, -0.05) is 29.8 Å². The third kappa shape index (κ3) is 5.48. The van der Waals surface area contributed by atoms with Gasteiger partial charge in [0.05, 0.1) is 35.5 Å². The molecule has 0 radical (unpaired) electrons. The fourth-order valence-corrected chi connectivity index (χ4v) is 5.52. The average Bonchev–Trinajstić information content (AvgIpc) is 3.63. The van der Waals surface area contributed by atoms with Crippen LogP contribution in [0.15, 0.2) is 60.9 Å². The maximum atomic E-state index is 13.8. The quantitative estimate of drug-likeness (QED) is 0.507. The second-order valence-corrected chi connectivity index (χ2v) is 10.3. The van der Waals surface area contributed by atoms with E-state index in [-0.39, 0.29) is 56.2 Å². The zero-order valence-corrected chi connectivity index (χ0v) is 22.4. The minimum absolute atomic E-state index is 0.0839. The molecule has 2 N–H and O–H groups in total. The molecular weight excluding hydrogens is 520 g/mol. The molecule has 11 heteroatoms. The number of carbonyl (C=O) groups is 3. The van der Waals surface area contributed by atoms with Gasteiger partial charge in [0.25, 0.3) is 5.91 Å². The Balaban J connectivity index is 1.34. The number of urea groups is 1. The summed E-state index contributed by atoms with van der Waals surface area (Å²) in [6, 6.07) is 13.5. The Morgan fingerprint density at radius 2 is 1.95 bits per heavy atom. The normalized spacial score (nSPS) is 19.0. The van der Waals surface area contributed by atoms with Gasteiger partial charge in [0, 0.05) is 43.8 Å².